The van der Waals surface area contributed by atoms with Gasteiger partial charge in [-0.15, -0.1) is 0 Å². The van der Waals surface area contributed by atoms with Gasteiger partial charge in [-0.2, -0.15) is 0 Å². The summed E-state index contributed by atoms with van der Waals surface area (Å²) in [5.41, 5.74) is 6.20. The molecule has 0 unspecified atom stereocenters. The lowest BCUT2D eigenvalue weighted by atomic mass is 10.2. The lowest BCUT2D eigenvalue weighted by Gasteiger charge is -2.04. The molecule has 2 aromatic carbocycles. The maximum absolute atomic E-state index is 13.3. The quantitative estimate of drug-likeness (QED) is 0.902. The molecule has 0 radical (unpaired) electrons. The van der Waals surface area contributed by atoms with Gasteiger partial charge in [-0.05, 0) is 42.0 Å². The van der Waals surface area contributed by atoms with E-state index in [0.717, 1.165) is 15.4 Å². The van der Waals surface area contributed by atoms with Crippen molar-refractivity contribution >= 4 is 11.8 Å². The second-order valence-electron chi connectivity index (χ2n) is 3.56. The van der Waals surface area contributed by atoms with Gasteiger partial charge in [0.05, 0.1) is 0 Å². The third-order valence-electron chi connectivity index (χ3n) is 2.20. The molecule has 4 heteroatoms. The highest BCUT2D eigenvalue weighted by atomic mass is 32.2. The van der Waals surface area contributed by atoms with E-state index in [1.165, 1.54) is 36.0 Å². The molecular formula is C13H11F2NS. The molecule has 0 aliphatic carbocycles. The molecule has 0 aliphatic heterocycles. The van der Waals surface area contributed by atoms with Crippen LogP contribution in [0.15, 0.2) is 52.3 Å². The van der Waals surface area contributed by atoms with Gasteiger partial charge in [0.1, 0.15) is 11.6 Å². The molecule has 0 amide bonds. The summed E-state index contributed by atoms with van der Waals surface area (Å²) in [4.78, 5) is 1.45. The predicted octanol–water partition coefficient (Wildman–Crippen LogP) is 3.57. The monoisotopic (exact) mass is 251 g/mol. The van der Waals surface area contributed by atoms with Crippen molar-refractivity contribution in [3.8, 4) is 0 Å². The minimum atomic E-state index is -0.327. The Morgan fingerprint density at radius 3 is 2.41 bits per heavy atom. The summed E-state index contributed by atoms with van der Waals surface area (Å²) in [6.07, 6.45) is 0. The molecule has 0 saturated heterocycles. The van der Waals surface area contributed by atoms with Gasteiger partial charge in [0.25, 0.3) is 0 Å². The van der Waals surface area contributed by atoms with Gasteiger partial charge in [-0.1, -0.05) is 17.8 Å². The molecule has 1 nitrogen and oxygen atoms in total. The van der Waals surface area contributed by atoms with Crippen molar-refractivity contribution in [2.45, 2.75) is 16.3 Å². The molecule has 0 spiro atoms. The zero-order valence-corrected chi connectivity index (χ0v) is 9.81. The zero-order chi connectivity index (χ0) is 12.3. The highest BCUT2D eigenvalue weighted by molar-refractivity contribution is 7.99. The first-order chi connectivity index (χ1) is 8.17. The van der Waals surface area contributed by atoms with Gasteiger partial charge in [-0.3, -0.25) is 0 Å². The SMILES string of the molecule is NCc1cc(F)cc(Sc2cccc(F)c2)c1. The first-order valence-corrected chi connectivity index (χ1v) is 5.92. The Hall–Kier alpha value is -1.39. The summed E-state index contributed by atoms with van der Waals surface area (Å²) >= 11 is 1.31. The summed E-state index contributed by atoms with van der Waals surface area (Å²) in [5.74, 6) is -0.627. The smallest absolute Gasteiger partial charge is 0.124 e. The number of hydrogen-bond acceptors (Lipinski definition) is 2. The van der Waals surface area contributed by atoms with E-state index in [2.05, 4.69) is 0 Å². The van der Waals surface area contributed by atoms with E-state index >= 15 is 0 Å². The fourth-order valence-corrected chi connectivity index (χ4v) is 2.44. The number of benzene rings is 2. The number of halogens is 2. The molecule has 0 fully saturated rings. The van der Waals surface area contributed by atoms with Crippen molar-refractivity contribution in [1.29, 1.82) is 0 Å². The Kier molecular flexibility index (Phi) is 3.76. The topological polar surface area (TPSA) is 26.0 Å². The van der Waals surface area contributed by atoms with Gasteiger partial charge >= 0.3 is 0 Å². The average Bonchev–Trinajstić information content (AvgIpc) is 2.28. The van der Waals surface area contributed by atoms with Crippen LogP contribution in [0.1, 0.15) is 5.56 Å². The number of nitrogens with two attached hydrogens (primary N) is 1. The second-order valence-corrected chi connectivity index (χ2v) is 4.71. The zero-order valence-electron chi connectivity index (χ0n) is 8.99. The van der Waals surface area contributed by atoms with E-state index in [-0.39, 0.29) is 18.2 Å². The summed E-state index contributed by atoms with van der Waals surface area (Å²) in [6, 6.07) is 10.8. The van der Waals surface area contributed by atoms with Crippen LogP contribution < -0.4 is 5.73 Å². The van der Waals surface area contributed by atoms with E-state index in [9.17, 15) is 8.78 Å². The molecular weight excluding hydrogens is 240 g/mol. The Balaban J connectivity index is 2.26. The lowest BCUT2D eigenvalue weighted by Crippen LogP contribution is -1.97. The van der Waals surface area contributed by atoms with Crippen LogP contribution in [0.2, 0.25) is 0 Å². The van der Waals surface area contributed by atoms with Crippen molar-refractivity contribution in [2.24, 2.45) is 5.73 Å². The Bertz CT molecular complexity index is 529. The molecule has 0 saturated carbocycles. The summed E-state index contributed by atoms with van der Waals surface area (Å²) in [5, 5.41) is 0. The van der Waals surface area contributed by atoms with Crippen LogP contribution in [0.4, 0.5) is 8.78 Å². The maximum Gasteiger partial charge on any atom is 0.124 e. The van der Waals surface area contributed by atoms with E-state index in [0.29, 0.717) is 0 Å². The van der Waals surface area contributed by atoms with E-state index < -0.39 is 0 Å². The molecule has 2 rings (SSSR count). The standard InChI is InChI=1S/C13H11F2NS/c14-10-2-1-3-12(6-10)17-13-5-9(8-16)4-11(15)7-13/h1-7H,8,16H2. The fraction of sp³-hybridized carbons (Fsp3) is 0.0769. The summed E-state index contributed by atoms with van der Waals surface area (Å²) in [6.45, 7) is 0.286. The van der Waals surface area contributed by atoms with Crippen LogP contribution >= 0.6 is 11.8 Å². The Morgan fingerprint density at radius 2 is 1.71 bits per heavy atom. The normalized spacial score (nSPS) is 10.5. The summed E-state index contributed by atoms with van der Waals surface area (Å²) < 4.78 is 26.2. The van der Waals surface area contributed by atoms with Crippen LogP contribution in [-0.4, -0.2) is 0 Å². The highest BCUT2D eigenvalue weighted by Crippen LogP contribution is 2.29. The molecule has 0 aromatic heterocycles. The molecule has 88 valence electrons. The molecule has 17 heavy (non-hydrogen) atoms. The van der Waals surface area contributed by atoms with Crippen LogP contribution in [0.3, 0.4) is 0 Å². The molecule has 0 heterocycles. The highest BCUT2D eigenvalue weighted by Gasteiger charge is 2.03. The van der Waals surface area contributed by atoms with Crippen molar-refractivity contribution in [3.63, 3.8) is 0 Å². The number of hydrogen-bond donors (Lipinski definition) is 1. The average molecular weight is 251 g/mol. The molecule has 0 aliphatic rings. The van der Waals surface area contributed by atoms with Crippen molar-refractivity contribution < 1.29 is 8.78 Å². The maximum atomic E-state index is 13.3. The first-order valence-electron chi connectivity index (χ1n) is 5.10. The second kappa shape index (κ2) is 5.29. The largest absolute Gasteiger partial charge is 0.326 e. The molecule has 2 N–H and O–H groups in total. The third kappa shape index (κ3) is 3.28. The Labute approximate surface area is 103 Å². The van der Waals surface area contributed by atoms with Crippen LogP contribution in [0.25, 0.3) is 0 Å². The van der Waals surface area contributed by atoms with E-state index in [1.54, 1.807) is 18.2 Å². The molecule has 0 atom stereocenters. The van der Waals surface area contributed by atoms with E-state index in [4.69, 9.17) is 5.73 Å². The molecule has 0 bridgehead atoms. The number of rotatable bonds is 3. The Morgan fingerprint density at radius 1 is 0.941 bits per heavy atom. The first kappa shape index (κ1) is 12.1. The molecule has 2 aromatic rings. The van der Waals surface area contributed by atoms with Crippen molar-refractivity contribution in [3.05, 3.63) is 59.7 Å². The lowest BCUT2D eigenvalue weighted by molar-refractivity contribution is 0.621. The van der Waals surface area contributed by atoms with Gasteiger partial charge in [0.15, 0.2) is 0 Å². The van der Waals surface area contributed by atoms with Crippen LogP contribution in [0.5, 0.6) is 0 Å². The minimum absolute atomic E-state index is 0.286. The van der Waals surface area contributed by atoms with Gasteiger partial charge in [0, 0.05) is 16.3 Å². The third-order valence-corrected chi connectivity index (χ3v) is 3.16. The van der Waals surface area contributed by atoms with Crippen LogP contribution in [-0.2, 0) is 6.54 Å². The summed E-state index contributed by atoms with van der Waals surface area (Å²) in [7, 11) is 0. The van der Waals surface area contributed by atoms with Crippen molar-refractivity contribution in [1.82, 2.24) is 0 Å². The van der Waals surface area contributed by atoms with Gasteiger partial charge in [-0.25, -0.2) is 8.78 Å². The fourth-order valence-electron chi connectivity index (χ4n) is 1.46. The minimum Gasteiger partial charge on any atom is -0.326 e. The van der Waals surface area contributed by atoms with Gasteiger partial charge < -0.3 is 5.73 Å². The van der Waals surface area contributed by atoms with E-state index in [1.807, 2.05) is 0 Å². The predicted molar refractivity (Wildman–Crippen MR) is 64.8 cm³/mol. The van der Waals surface area contributed by atoms with Crippen molar-refractivity contribution in [2.75, 3.05) is 0 Å². The van der Waals surface area contributed by atoms with Gasteiger partial charge in [0.2, 0.25) is 0 Å². The van der Waals surface area contributed by atoms with Crippen LogP contribution in [0, 0.1) is 11.6 Å².